The third-order valence-corrected chi connectivity index (χ3v) is 5.54. The molecule has 0 aliphatic carbocycles. The Hall–Kier alpha value is -4.10. The molecule has 0 saturated heterocycles. The van der Waals surface area contributed by atoms with Crippen LogP contribution in [0, 0.1) is 0 Å². The van der Waals surface area contributed by atoms with E-state index in [9.17, 15) is 9.59 Å². The highest BCUT2D eigenvalue weighted by atomic mass is 16.5. The third kappa shape index (κ3) is 4.65. The van der Waals surface area contributed by atoms with E-state index in [1.54, 1.807) is 25.3 Å². The number of fused-ring (bicyclic) bond motifs is 1. The van der Waals surface area contributed by atoms with Crippen LogP contribution in [0.25, 0.3) is 11.3 Å². The maximum Gasteiger partial charge on any atom is 0.337 e. The Morgan fingerprint density at radius 2 is 1.74 bits per heavy atom. The van der Waals surface area contributed by atoms with Gasteiger partial charge in [0, 0.05) is 29.4 Å². The minimum Gasteiger partial charge on any atom is -0.496 e. The molecule has 1 heterocycles. The number of nitrogens with one attached hydrogen (secondary N) is 2. The summed E-state index contributed by atoms with van der Waals surface area (Å²) in [7, 11) is 6.99. The fourth-order valence-electron chi connectivity index (χ4n) is 3.99. The van der Waals surface area contributed by atoms with Crippen molar-refractivity contribution in [3.63, 3.8) is 0 Å². The summed E-state index contributed by atoms with van der Waals surface area (Å²) >= 11 is 0. The van der Waals surface area contributed by atoms with Crippen LogP contribution >= 0.6 is 0 Å². The molecule has 1 aliphatic heterocycles. The Kier molecular flexibility index (Phi) is 6.65. The number of carbonyl (C=O) groups excluding carboxylic acids is 2. The van der Waals surface area contributed by atoms with Crippen LogP contribution in [-0.4, -0.2) is 45.1 Å². The second kappa shape index (κ2) is 9.80. The van der Waals surface area contributed by atoms with Crippen molar-refractivity contribution < 1.29 is 19.1 Å². The molecule has 3 aromatic rings. The summed E-state index contributed by atoms with van der Waals surface area (Å²) in [6.07, 6.45) is 0. The van der Waals surface area contributed by atoms with E-state index < -0.39 is 5.97 Å². The van der Waals surface area contributed by atoms with Gasteiger partial charge < -0.3 is 25.0 Å². The number of hydrogen-bond donors (Lipinski definition) is 2. The van der Waals surface area contributed by atoms with Gasteiger partial charge in [-0.15, -0.1) is 0 Å². The fourth-order valence-corrected chi connectivity index (χ4v) is 3.99. The molecule has 1 aliphatic rings. The number of esters is 1. The molecule has 174 valence electrons. The average Bonchev–Trinajstić information content (AvgIpc) is 3.17. The standard InChI is InChI=1S/C27H27N3O4/c1-30(2)16-19-10-12-20(15-23(19)33-3)28-25(17-8-6-5-7-9-17)24-21-13-11-18(27(32)34-4)14-22(21)29-26(24)31/h5-15,28H,16H2,1-4H3,(H,29,31)/b25-24+. The zero-order valence-corrected chi connectivity index (χ0v) is 19.6. The molecule has 0 atom stereocenters. The molecule has 3 aromatic carbocycles. The minimum atomic E-state index is -0.458. The lowest BCUT2D eigenvalue weighted by atomic mass is 9.99. The minimum absolute atomic E-state index is 0.250. The largest absolute Gasteiger partial charge is 0.496 e. The van der Waals surface area contributed by atoms with Crippen LogP contribution in [0.1, 0.15) is 27.0 Å². The van der Waals surface area contributed by atoms with Crippen molar-refractivity contribution in [1.82, 2.24) is 4.90 Å². The smallest absolute Gasteiger partial charge is 0.337 e. The predicted octanol–water partition coefficient (Wildman–Crippen LogP) is 4.48. The number of nitrogens with zero attached hydrogens (tertiary/aromatic N) is 1. The lowest BCUT2D eigenvalue weighted by molar-refractivity contribution is -0.110. The summed E-state index contributed by atoms with van der Waals surface area (Å²) in [5.41, 5.74) is 5.51. The van der Waals surface area contributed by atoms with Gasteiger partial charge in [-0.05, 0) is 37.9 Å². The number of ether oxygens (including phenoxy) is 2. The van der Waals surface area contributed by atoms with E-state index in [2.05, 4.69) is 15.5 Å². The normalized spacial score (nSPS) is 13.9. The number of carbonyl (C=O) groups is 2. The topological polar surface area (TPSA) is 79.9 Å². The Balaban J connectivity index is 1.82. The van der Waals surface area contributed by atoms with Crippen molar-refractivity contribution in [3.05, 3.63) is 89.0 Å². The number of anilines is 2. The van der Waals surface area contributed by atoms with Gasteiger partial charge in [-0.2, -0.15) is 0 Å². The first-order valence-corrected chi connectivity index (χ1v) is 10.8. The van der Waals surface area contributed by atoms with Crippen molar-refractivity contribution in [3.8, 4) is 5.75 Å². The zero-order valence-electron chi connectivity index (χ0n) is 19.6. The van der Waals surface area contributed by atoms with Gasteiger partial charge in [0.2, 0.25) is 0 Å². The maximum absolute atomic E-state index is 13.1. The summed E-state index contributed by atoms with van der Waals surface area (Å²) in [4.78, 5) is 27.2. The summed E-state index contributed by atoms with van der Waals surface area (Å²) in [6.45, 7) is 0.744. The van der Waals surface area contributed by atoms with Gasteiger partial charge in [0.05, 0.1) is 36.7 Å². The van der Waals surface area contributed by atoms with Crippen molar-refractivity contribution >= 4 is 34.5 Å². The van der Waals surface area contributed by atoms with Crippen LogP contribution in [0.15, 0.2) is 66.7 Å². The van der Waals surface area contributed by atoms with Crippen molar-refractivity contribution in [2.24, 2.45) is 0 Å². The molecule has 0 spiro atoms. The molecule has 7 nitrogen and oxygen atoms in total. The van der Waals surface area contributed by atoms with Crippen LogP contribution in [0.2, 0.25) is 0 Å². The Morgan fingerprint density at radius 1 is 0.971 bits per heavy atom. The number of methoxy groups -OCH3 is 2. The van der Waals surface area contributed by atoms with E-state index in [0.29, 0.717) is 28.1 Å². The van der Waals surface area contributed by atoms with Gasteiger partial charge in [0.25, 0.3) is 5.91 Å². The number of amides is 1. The highest BCUT2D eigenvalue weighted by Crippen LogP contribution is 2.38. The zero-order chi connectivity index (χ0) is 24.2. The fraction of sp³-hybridized carbons (Fsp3) is 0.185. The van der Waals surface area contributed by atoms with Gasteiger partial charge in [0.15, 0.2) is 0 Å². The predicted molar refractivity (Wildman–Crippen MR) is 134 cm³/mol. The van der Waals surface area contributed by atoms with Crippen LogP contribution in [0.4, 0.5) is 11.4 Å². The molecule has 0 unspecified atom stereocenters. The number of hydrogen-bond acceptors (Lipinski definition) is 6. The molecule has 0 bridgehead atoms. The first kappa shape index (κ1) is 23.1. The van der Waals surface area contributed by atoms with Gasteiger partial charge in [0.1, 0.15) is 5.75 Å². The molecule has 4 rings (SSSR count). The molecular weight excluding hydrogens is 430 g/mol. The average molecular weight is 458 g/mol. The molecule has 0 aromatic heterocycles. The maximum atomic E-state index is 13.1. The second-order valence-corrected chi connectivity index (χ2v) is 8.21. The Bertz CT molecular complexity index is 1270. The highest BCUT2D eigenvalue weighted by Gasteiger charge is 2.29. The monoisotopic (exact) mass is 457 g/mol. The van der Waals surface area contributed by atoms with E-state index in [-0.39, 0.29) is 5.91 Å². The van der Waals surface area contributed by atoms with E-state index in [1.165, 1.54) is 7.11 Å². The van der Waals surface area contributed by atoms with E-state index in [4.69, 9.17) is 9.47 Å². The first-order chi connectivity index (χ1) is 16.4. The van der Waals surface area contributed by atoms with Crippen molar-refractivity contribution in [1.29, 1.82) is 0 Å². The second-order valence-electron chi connectivity index (χ2n) is 8.21. The quantitative estimate of drug-likeness (QED) is 0.402. The molecular formula is C27H27N3O4. The molecule has 0 saturated carbocycles. The Labute approximate surface area is 199 Å². The highest BCUT2D eigenvalue weighted by molar-refractivity contribution is 6.37. The summed E-state index contributed by atoms with van der Waals surface area (Å²) in [5, 5.41) is 6.33. The molecule has 0 radical (unpaired) electrons. The van der Waals surface area contributed by atoms with Crippen molar-refractivity contribution in [2.75, 3.05) is 38.9 Å². The first-order valence-electron chi connectivity index (χ1n) is 10.8. The molecule has 34 heavy (non-hydrogen) atoms. The SMILES string of the molecule is COC(=O)c1ccc2c(c1)NC(=O)/C2=C(/Nc1ccc(CN(C)C)c(OC)c1)c1ccccc1. The lowest BCUT2D eigenvalue weighted by Gasteiger charge is -2.18. The van der Waals surface area contributed by atoms with Gasteiger partial charge in [-0.25, -0.2) is 4.79 Å². The van der Waals surface area contributed by atoms with Crippen LogP contribution in [0.3, 0.4) is 0 Å². The lowest BCUT2D eigenvalue weighted by Crippen LogP contribution is -2.12. The van der Waals surface area contributed by atoms with Crippen LogP contribution in [-0.2, 0) is 16.1 Å². The Morgan fingerprint density at radius 3 is 2.41 bits per heavy atom. The number of benzene rings is 3. The van der Waals surface area contributed by atoms with Gasteiger partial charge in [-0.3, -0.25) is 4.79 Å². The third-order valence-electron chi connectivity index (χ3n) is 5.54. The van der Waals surface area contributed by atoms with Gasteiger partial charge >= 0.3 is 5.97 Å². The van der Waals surface area contributed by atoms with Crippen molar-refractivity contribution in [2.45, 2.75) is 6.54 Å². The van der Waals surface area contributed by atoms with E-state index in [1.807, 2.05) is 62.6 Å². The molecule has 0 fully saturated rings. The van der Waals surface area contributed by atoms with Gasteiger partial charge in [-0.1, -0.05) is 42.5 Å². The van der Waals surface area contributed by atoms with Crippen LogP contribution < -0.4 is 15.4 Å². The molecule has 2 N–H and O–H groups in total. The molecule has 7 heteroatoms. The summed E-state index contributed by atoms with van der Waals surface area (Å²) in [5.74, 6) is 0.0514. The summed E-state index contributed by atoms with van der Waals surface area (Å²) in [6, 6.07) is 20.6. The number of rotatable bonds is 7. The summed E-state index contributed by atoms with van der Waals surface area (Å²) < 4.78 is 10.4. The van der Waals surface area contributed by atoms with E-state index >= 15 is 0 Å². The molecule has 1 amide bonds. The van der Waals surface area contributed by atoms with Crippen LogP contribution in [0.5, 0.6) is 5.75 Å². The van der Waals surface area contributed by atoms with E-state index in [0.717, 1.165) is 29.1 Å².